The van der Waals surface area contributed by atoms with E-state index in [9.17, 15) is 14.8 Å². The fraction of sp³-hybridized carbons (Fsp3) is 0.417. The summed E-state index contributed by atoms with van der Waals surface area (Å²) in [6.45, 7) is -0.358. The highest BCUT2D eigenvalue weighted by Gasteiger charge is 2.52. The van der Waals surface area contributed by atoms with Crippen LogP contribution in [-0.2, 0) is 10.3 Å². The Hall–Kier alpha value is -2.28. The van der Waals surface area contributed by atoms with Crippen LogP contribution >= 0.6 is 0 Å². The molecule has 2 aromatic heterocycles. The molecule has 3 atom stereocenters. The first-order valence-corrected chi connectivity index (χ1v) is 6.19. The normalized spacial score (nSPS) is 28.9. The molecule has 8 nitrogen and oxygen atoms in total. The molecule has 1 fully saturated rings. The molecule has 110 valence electrons. The Balaban J connectivity index is 2.24. The molecule has 0 aromatic carbocycles. The second-order valence-corrected chi connectivity index (χ2v) is 4.80. The van der Waals surface area contributed by atoms with Gasteiger partial charge in [0.1, 0.15) is 24.0 Å². The van der Waals surface area contributed by atoms with Crippen LogP contribution in [0, 0.1) is 17.1 Å². The molecule has 1 aliphatic heterocycles. The molecular formula is C12H12FN5O3. The molecule has 9 heteroatoms. The van der Waals surface area contributed by atoms with Gasteiger partial charge in [0, 0.05) is 12.5 Å². The average Bonchev–Trinajstić information content (AvgIpc) is 2.98. The number of fused-ring (bicyclic) bond motifs is 1. The number of nitrogens with zero attached hydrogens (tertiary/aromatic N) is 4. The number of ether oxygens (including phenoxy) is 1. The Morgan fingerprint density at radius 3 is 3.05 bits per heavy atom. The molecule has 0 saturated carbocycles. The van der Waals surface area contributed by atoms with Gasteiger partial charge in [0.05, 0.1) is 18.4 Å². The lowest BCUT2D eigenvalue weighted by Crippen LogP contribution is -2.36. The SMILES string of the molecule is N#C[C@@]1(c2cc(F)c3c(N)ncnn23)O[C@H](CO)C[C@H]1O. The second-order valence-electron chi connectivity index (χ2n) is 4.80. The molecule has 3 heterocycles. The third kappa shape index (κ3) is 1.77. The van der Waals surface area contributed by atoms with E-state index < -0.39 is 23.6 Å². The number of aromatic nitrogens is 3. The number of rotatable bonds is 2. The van der Waals surface area contributed by atoms with E-state index in [-0.39, 0.29) is 30.1 Å². The topological polar surface area (TPSA) is 130 Å². The third-order valence-electron chi connectivity index (χ3n) is 3.59. The predicted molar refractivity (Wildman–Crippen MR) is 67.2 cm³/mol. The number of nitrogen functional groups attached to an aromatic ring is 1. The summed E-state index contributed by atoms with van der Waals surface area (Å²) >= 11 is 0. The van der Waals surface area contributed by atoms with Crippen LogP contribution in [0.25, 0.3) is 5.52 Å². The van der Waals surface area contributed by atoms with Gasteiger partial charge in [0.2, 0.25) is 5.60 Å². The minimum Gasteiger partial charge on any atom is -0.394 e. The smallest absolute Gasteiger partial charge is 0.223 e. The van der Waals surface area contributed by atoms with Gasteiger partial charge in [-0.3, -0.25) is 0 Å². The van der Waals surface area contributed by atoms with Crippen LogP contribution in [-0.4, -0.2) is 43.6 Å². The number of nitrogens with two attached hydrogens (primary N) is 1. The molecule has 0 bridgehead atoms. The van der Waals surface area contributed by atoms with Crippen LogP contribution in [0.15, 0.2) is 12.4 Å². The van der Waals surface area contributed by atoms with Crippen molar-refractivity contribution in [3.63, 3.8) is 0 Å². The number of hydrogen-bond acceptors (Lipinski definition) is 7. The lowest BCUT2D eigenvalue weighted by atomic mass is 9.94. The van der Waals surface area contributed by atoms with Crippen LogP contribution < -0.4 is 5.73 Å². The van der Waals surface area contributed by atoms with Crippen molar-refractivity contribution in [1.29, 1.82) is 5.26 Å². The molecule has 0 aliphatic carbocycles. The van der Waals surface area contributed by atoms with Crippen molar-refractivity contribution in [3.05, 3.63) is 23.9 Å². The van der Waals surface area contributed by atoms with E-state index in [1.54, 1.807) is 0 Å². The standard InChI is InChI=1S/C12H12FN5O3/c13-7-2-8(18-10(7)11(15)16-5-17-18)12(4-14)9(20)1-6(3-19)21-12/h2,5-6,9,19-20H,1,3H2,(H2,15,16,17)/t6-,9+,12-/m0/s1. The summed E-state index contributed by atoms with van der Waals surface area (Å²) in [6.07, 6.45) is -0.776. The van der Waals surface area contributed by atoms with Gasteiger partial charge in [-0.15, -0.1) is 0 Å². The highest BCUT2D eigenvalue weighted by atomic mass is 19.1. The van der Waals surface area contributed by atoms with E-state index in [4.69, 9.17) is 15.6 Å². The number of aliphatic hydroxyl groups excluding tert-OH is 2. The van der Waals surface area contributed by atoms with Gasteiger partial charge in [-0.1, -0.05) is 0 Å². The Morgan fingerprint density at radius 1 is 1.67 bits per heavy atom. The summed E-state index contributed by atoms with van der Waals surface area (Å²) in [7, 11) is 0. The monoisotopic (exact) mass is 293 g/mol. The first kappa shape index (κ1) is 13.7. The zero-order chi connectivity index (χ0) is 15.2. The zero-order valence-electron chi connectivity index (χ0n) is 10.8. The molecule has 0 amide bonds. The summed E-state index contributed by atoms with van der Waals surface area (Å²) in [5.74, 6) is -0.811. The summed E-state index contributed by atoms with van der Waals surface area (Å²) < 4.78 is 20.6. The minimum absolute atomic E-state index is 0.00931. The Morgan fingerprint density at radius 2 is 2.43 bits per heavy atom. The maximum atomic E-state index is 14.1. The molecule has 1 aliphatic rings. The quantitative estimate of drug-likeness (QED) is 0.668. The van der Waals surface area contributed by atoms with Crippen molar-refractivity contribution in [2.75, 3.05) is 12.3 Å². The van der Waals surface area contributed by atoms with Crippen LogP contribution in [0.3, 0.4) is 0 Å². The maximum Gasteiger partial charge on any atom is 0.223 e. The van der Waals surface area contributed by atoms with Gasteiger partial charge in [-0.2, -0.15) is 10.4 Å². The van der Waals surface area contributed by atoms with Crippen molar-refractivity contribution >= 4 is 11.3 Å². The van der Waals surface area contributed by atoms with Crippen molar-refractivity contribution in [2.24, 2.45) is 0 Å². The van der Waals surface area contributed by atoms with Crippen molar-refractivity contribution in [3.8, 4) is 6.07 Å². The number of aliphatic hydroxyl groups is 2. The van der Waals surface area contributed by atoms with Crippen molar-refractivity contribution < 1.29 is 19.3 Å². The molecule has 1 saturated heterocycles. The molecule has 21 heavy (non-hydrogen) atoms. The number of halogens is 1. The van der Waals surface area contributed by atoms with Crippen molar-refractivity contribution in [2.45, 2.75) is 24.2 Å². The Labute approximate surface area is 118 Å². The molecular weight excluding hydrogens is 281 g/mol. The van der Waals surface area contributed by atoms with E-state index in [0.29, 0.717) is 0 Å². The summed E-state index contributed by atoms with van der Waals surface area (Å²) in [5.41, 5.74) is 3.70. The highest BCUT2D eigenvalue weighted by Crippen LogP contribution is 2.40. The van der Waals surface area contributed by atoms with Crippen molar-refractivity contribution in [1.82, 2.24) is 14.6 Å². The highest BCUT2D eigenvalue weighted by molar-refractivity contribution is 5.67. The fourth-order valence-electron chi connectivity index (χ4n) is 2.59. The van der Waals surface area contributed by atoms with E-state index in [1.165, 1.54) is 0 Å². The van der Waals surface area contributed by atoms with Gasteiger partial charge < -0.3 is 20.7 Å². The van der Waals surface area contributed by atoms with E-state index in [0.717, 1.165) is 16.9 Å². The van der Waals surface area contributed by atoms with Crippen LogP contribution in [0.4, 0.5) is 10.2 Å². The summed E-state index contributed by atoms with van der Waals surface area (Å²) in [4.78, 5) is 3.69. The third-order valence-corrected chi connectivity index (χ3v) is 3.59. The molecule has 0 unspecified atom stereocenters. The Bertz CT molecular complexity index is 742. The fourth-order valence-corrected chi connectivity index (χ4v) is 2.59. The lowest BCUT2D eigenvalue weighted by Gasteiger charge is -2.23. The summed E-state index contributed by atoms with van der Waals surface area (Å²) in [5, 5.41) is 32.6. The van der Waals surface area contributed by atoms with E-state index >= 15 is 0 Å². The number of hydrogen-bond donors (Lipinski definition) is 3. The maximum absolute atomic E-state index is 14.1. The van der Waals surface area contributed by atoms with Gasteiger partial charge in [0.15, 0.2) is 11.6 Å². The second kappa shape index (κ2) is 4.63. The largest absolute Gasteiger partial charge is 0.394 e. The molecule has 4 N–H and O–H groups in total. The molecule has 2 aromatic rings. The van der Waals surface area contributed by atoms with Crippen LogP contribution in [0.1, 0.15) is 12.1 Å². The Kier molecular flexibility index (Phi) is 3.02. The lowest BCUT2D eigenvalue weighted by molar-refractivity contribution is -0.0630. The van der Waals surface area contributed by atoms with Gasteiger partial charge in [0.25, 0.3) is 0 Å². The molecule has 3 rings (SSSR count). The minimum atomic E-state index is -1.82. The van der Waals surface area contributed by atoms with Crippen LogP contribution in [0.5, 0.6) is 0 Å². The van der Waals surface area contributed by atoms with Gasteiger partial charge in [-0.05, 0) is 0 Å². The van der Waals surface area contributed by atoms with Crippen LogP contribution in [0.2, 0.25) is 0 Å². The number of nitriles is 1. The van der Waals surface area contributed by atoms with E-state index in [2.05, 4.69) is 10.1 Å². The van der Waals surface area contributed by atoms with Gasteiger partial charge in [-0.25, -0.2) is 13.9 Å². The molecule has 0 radical (unpaired) electrons. The number of anilines is 1. The van der Waals surface area contributed by atoms with Gasteiger partial charge >= 0.3 is 0 Å². The first-order chi connectivity index (χ1) is 10.0. The predicted octanol–water partition coefficient (Wildman–Crippen LogP) is -0.688. The molecule has 0 spiro atoms. The zero-order valence-corrected chi connectivity index (χ0v) is 10.8. The summed E-state index contributed by atoms with van der Waals surface area (Å²) in [6, 6.07) is 2.89. The van der Waals surface area contributed by atoms with E-state index in [1.807, 2.05) is 6.07 Å². The average molecular weight is 293 g/mol. The first-order valence-electron chi connectivity index (χ1n) is 6.19.